The van der Waals surface area contributed by atoms with E-state index in [1.54, 1.807) is 4.57 Å². The van der Waals surface area contributed by atoms with E-state index in [0.717, 1.165) is 0 Å². The van der Waals surface area contributed by atoms with Crippen molar-refractivity contribution in [1.29, 1.82) is 0 Å². The van der Waals surface area contributed by atoms with Gasteiger partial charge in [-0.25, -0.2) is 15.0 Å². The van der Waals surface area contributed by atoms with Gasteiger partial charge >= 0.3 is 0 Å². The first-order valence-corrected chi connectivity index (χ1v) is 10.6. The molecule has 11 nitrogen and oxygen atoms in total. The summed E-state index contributed by atoms with van der Waals surface area (Å²) >= 11 is 0. The molecule has 0 aliphatic carbocycles. The third-order valence-corrected chi connectivity index (χ3v) is 5.81. The molecule has 156 valence electrons. The summed E-state index contributed by atoms with van der Waals surface area (Å²) in [5.41, 5.74) is -0.460. The largest absolute Gasteiger partial charge is 0.394 e. The molecule has 12 heteroatoms. The summed E-state index contributed by atoms with van der Waals surface area (Å²) in [6.45, 7) is -0.462. The highest BCUT2D eigenvalue weighted by Gasteiger charge is 2.55. The monoisotopic (exact) mass is 416 g/mol. The zero-order valence-electron chi connectivity index (χ0n) is 15.1. The fourth-order valence-electron chi connectivity index (χ4n) is 3.60. The standard InChI is InChI=1S/C16H24N4O7S/c21-8-12-13(22)14(23)16(27-12,5-3-1-2-4-6-28(24,25)26)20-10-19-11-7-17-9-18-15(11)20/h7,9-10,12-14,21-23H,1-6,8H2,(H,24,25,26)/t12-,13-,14-,16?/m1/s1. The van der Waals surface area contributed by atoms with E-state index < -0.39 is 40.8 Å². The molecule has 1 unspecified atom stereocenters. The van der Waals surface area contributed by atoms with Gasteiger partial charge in [0.1, 0.15) is 30.2 Å². The van der Waals surface area contributed by atoms with Gasteiger partial charge in [0.05, 0.1) is 24.9 Å². The molecular weight excluding hydrogens is 392 g/mol. The lowest BCUT2D eigenvalue weighted by Crippen LogP contribution is -2.45. The summed E-state index contributed by atoms with van der Waals surface area (Å²) in [6.07, 6.45) is 3.05. The molecule has 0 saturated carbocycles. The van der Waals surface area contributed by atoms with Gasteiger partial charge in [0.15, 0.2) is 11.4 Å². The maximum Gasteiger partial charge on any atom is 0.264 e. The van der Waals surface area contributed by atoms with Crippen molar-refractivity contribution in [2.24, 2.45) is 0 Å². The van der Waals surface area contributed by atoms with Crippen molar-refractivity contribution in [2.75, 3.05) is 12.4 Å². The van der Waals surface area contributed by atoms with Crippen molar-refractivity contribution in [3.8, 4) is 0 Å². The SMILES string of the molecule is O=S(=O)(O)CCCCCCC1(n2cnc3cncnc32)O[C@H](CO)[C@@H](O)[C@H]1O. The molecule has 2 aromatic heterocycles. The van der Waals surface area contributed by atoms with E-state index in [4.69, 9.17) is 9.29 Å². The first-order valence-electron chi connectivity index (χ1n) is 9.02. The van der Waals surface area contributed by atoms with Crippen LogP contribution in [0.4, 0.5) is 0 Å². The Hall–Kier alpha value is -1.70. The van der Waals surface area contributed by atoms with Crippen molar-refractivity contribution in [1.82, 2.24) is 19.5 Å². The third kappa shape index (κ3) is 4.16. The fourth-order valence-corrected chi connectivity index (χ4v) is 4.17. The molecule has 1 saturated heterocycles. The van der Waals surface area contributed by atoms with Gasteiger partial charge in [-0.3, -0.25) is 9.12 Å². The fraction of sp³-hybridized carbons (Fsp3) is 0.688. The number of aliphatic hydroxyl groups excluding tert-OH is 3. The number of rotatable bonds is 9. The number of hydrogen-bond acceptors (Lipinski definition) is 9. The average Bonchev–Trinajstić information content (AvgIpc) is 3.19. The topological polar surface area (TPSA) is 168 Å². The number of aromatic nitrogens is 4. The molecule has 1 fully saturated rings. The molecule has 0 bridgehead atoms. The molecule has 2 aromatic rings. The van der Waals surface area contributed by atoms with Gasteiger partial charge in [0, 0.05) is 0 Å². The lowest BCUT2D eigenvalue weighted by molar-refractivity contribution is -0.151. The lowest BCUT2D eigenvalue weighted by Gasteiger charge is -2.34. The van der Waals surface area contributed by atoms with E-state index in [0.29, 0.717) is 36.8 Å². The molecule has 1 aliphatic heterocycles. The zero-order valence-corrected chi connectivity index (χ0v) is 15.9. The Morgan fingerprint density at radius 2 is 1.93 bits per heavy atom. The Bertz CT molecular complexity index is 905. The molecule has 3 heterocycles. The Kier molecular flexibility index (Phi) is 6.27. The quantitative estimate of drug-likeness (QED) is 0.307. The second-order valence-corrected chi connectivity index (χ2v) is 8.49. The Morgan fingerprint density at radius 3 is 2.61 bits per heavy atom. The molecule has 0 radical (unpaired) electrons. The third-order valence-electron chi connectivity index (χ3n) is 5.01. The zero-order chi connectivity index (χ0) is 20.4. The van der Waals surface area contributed by atoms with Crippen molar-refractivity contribution in [3.63, 3.8) is 0 Å². The van der Waals surface area contributed by atoms with E-state index in [1.165, 1.54) is 18.9 Å². The number of aliphatic hydroxyl groups is 3. The van der Waals surface area contributed by atoms with Crippen molar-refractivity contribution >= 4 is 21.3 Å². The number of imidazole rings is 1. The van der Waals surface area contributed by atoms with Crippen LogP contribution in [-0.4, -0.2) is 78.5 Å². The number of hydrogen-bond donors (Lipinski definition) is 4. The molecule has 0 amide bonds. The Morgan fingerprint density at radius 1 is 1.18 bits per heavy atom. The molecule has 1 aliphatic rings. The maximum absolute atomic E-state index is 10.8. The minimum atomic E-state index is -3.98. The predicted octanol–water partition coefficient (Wildman–Crippen LogP) is -0.570. The highest BCUT2D eigenvalue weighted by molar-refractivity contribution is 7.85. The van der Waals surface area contributed by atoms with Crippen LogP contribution >= 0.6 is 0 Å². The summed E-state index contributed by atoms with van der Waals surface area (Å²) in [7, 11) is -3.98. The maximum atomic E-state index is 10.8. The summed E-state index contributed by atoms with van der Waals surface area (Å²) in [5.74, 6) is -0.300. The molecule has 0 aromatic carbocycles. The second-order valence-electron chi connectivity index (χ2n) is 6.92. The lowest BCUT2D eigenvalue weighted by atomic mass is 9.96. The van der Waals surface area contributed by atoms with Gasteiger partial charge in [0.25, 0.3) is 10.1 Å². The molecule has 4 N–H and O–H groups in total. The smallest absolute Gasteiger partial charge is 0.264 e. The van der Waals surface area contributed by atoms with Crippen molar-refractivity contribution in [3.05, 3.63) is 18.9 Å². The Balaban J connectivity index is 1.79. The number of fused-ring (bicyclic) bond motifs is 1. The highest BCUT2D eigenvalue weighted by atomic mass is 32.2. The van der Waals surface area contributed by atoms with Gasteiger partial charge in [-0.15, -0.1) is 0 Å². The van der Waals surface area contributed by atoms with Crippen molar-refractivity contribution < 1.29 is 33.0 Å². The summed E-state index contributed by atoms with van der Waals surface area (Å²) < 4.78 is 37.8. The van der Waals surface area contributed by atoms with E-state index in [1.807, 2.05) is 0 Å². The minimum absolute atomic E-state index is 0.281. The van der Waals surface area contributed by atoms with E-state index >= 15 is 0 Å². The molecule has 4 atom stereocenters. The highest BCUT2D eigenvalue weighted by Crippen LogP contribution is 2.41. The van der Waals surface area contributed by atoms with Gasteiger partial charge in [-0.05, 0) is 19.3 Å². The van der Waals surface area contributed by atoms with Gasteiger partial charge in [-0.1, -0.05) is 12.8 Å². The first kappa shape index (κ1) is 21.0. The van der Waals surface area contributed by atoms with Crippen LogP contribution in [0.15, 0.2) is 18.9 Å². The van der Waals surface area contributed by atoms with E-state index in [9.17, 15) is 23.7 Å². The summed E-state index contributed by atoms with van der Waals surface area (Å²) in [5, 5.41) is 30.5. The second kappa shape index (κ2) is 8.35. The molecule has 28 heavy (non-hydrogen) atoms. The average molecular weight is 416 g/mol. The van der Waals surface area contributed by atoms with Crippen LogP contribution in [0.25, 0.3) is 11.2 Å². The molecule has 0 spiro atoms. The van der Waals surface area contributed by atoms with Gasteiger partial charge in [-0.2, -0.15) is 8.42 Å². The number of nitrogens with zero attached hydrogens (tertiary/aromatic N) is 4. The van der Waals surface area contributed by atoms with Crippen LogP contribution in [0.1, 0.15) is 32.1 Å². The van der Waals surface area contributed by atoms with Gasteiger partial charge in [0.2, 0.25) is 0 Å². The van der Waals surface area contributed by atoms with Gasteiger partial charge < -0.3 is 20.1 Å². The van der Waals surface area contributed by atoms with Crippen LogP contribution in [0.2, 0.25) is 0 Å². The normalized spacial score (nSPS) is 28.2. The minimum Gasteiger partial charge on any atom is -0.394 e. The van der Waals surface area contributed by atoms with Crippen LogP contribution in [-0.2, 0) is 20.6 Å². The number of ether oxygens (including phenoxy) is 1. The van der Waals surface area contributed by atoms with Crippen LogP contribution in [0, 0.1) is 0 Å². The Labute approximate surface area is 161 Å². The summed E-state index contributed by atoms with van der Waals surface area (Å²) in [6, 6.07) is 0. The van der Waals surface area contributed by atoms with Crippen LogP contribution < -0.4 is 0 Å². The van der Waals surface area contributed by atoms with Crippen LogP contribution in [0.3, 0.4) is 0 Å². The first-order chi connectivity index (χ1) is 13.3. The van der Waals surface area contributed by atoms with E-state index in [2.05, 4.69) is 15.0 Å². The van der Waals surface area contributed by atoms with E-state index in [-0.39, 0.29) is 12.2 Å². The summed E-state index contributed by atoms with van der Waals surface area (Å²) in [4.78, 5) is 12.3. The number of unbranched alkanes of at least 4 members (excludes halogenated alkanes) is 3. The molecule has 3 rings (SSSR count). The van der Waals surface area contributed by atoms with Crippen LogP contribution in [0.5, 0.6) is 0 Å². The van der Waals surface area contributed by atoms with Crippen molar-refractivity contribution in [2.45, 2.75) is 56.1 Å². The predicted molar refractivity (Wildman–Crippen MR) is 96.8 cm³/mol. The molecular formula is C16H24N4O7S.